The molecule has 3 N–H and O–H groups in total. The lowest BCUT2D eigenvalue weighted by Crippen LogP contribution is -2.25. The molecule has 1 aromatic carbocycles. The van der Waals surface area contributed by atoms with Gasteiger partial charge in [0.05, 0.1) is 13.7 Å². The van der Waals surface area contributed by atoms with Crippen molar-refractivity contribution in [2.75, 3.05) is 19.0 Å². The van der Waals surface area contributed by atoms with E-state index < -0.39 is 0 Å². The number of benzene rings is 1. The number of aromatic nitrogens is 1. The second-order valence-electron chi connectivity index (χ2n) is 5.52. The molecule has 2 aromatic rings. The van der Waals surface area contributed by atoms with Gasteiger partial charge in [0.1, 0.15) is 11.6 Å². The van der Waals surface area contributed by atoms with E-state index in [0.29, 0.717) is 18.3 Å². The lowest BCUT2D eigenvalue weighted by atomic mass is 9.95. The summed E-state index contributed by atoms with van der Waals surface area (Å²) >= 11 is 0. The van der Waals surface area contributed by atoms with Crippen molar-refractivity contribution in [3.05, 3.63) is 54.2 Å². The number of hydrogen-bond donors (Lipinski definition) is 2. The topological polar surface area (TPSA) is 72.5 Å². The van der Waals surface area contributed by atoms with Gasteiger partial charge in [-0.05, 0) is 31.0 Å². The van der Waals surface area contributed by atoms with Crippen molar-refractivity contribution in [1.29, 1.82) is 0 Å². The molecule has 1 fully saturated rings. The number of guanidine groups is 1. The SMILES string of the molecule is COc1ccccc1C1(CN=C(N)Nc2ccccn2)CC1. The Hall–Kier alpha value is -2.56. The van der Waals surface area contributed by atoms with E-state index in [1.807, 2.05) is 36.4 Å². The molecule has 5 heteroatoms. The Morgan fingerprint density at radius 3 is 2.73 bits per heavy atom. The van der Waals surface area contributed by atoms with Crippen LogP contribution in [0.2, 0.25) is 0 Å². The third-order valence-electron chi connectivity index (χ3n) is 4.00. The van der Waals surface area contributed by atoms with E-state index in [0.717, 1.165) is 18.6 Å². The van der Waals surface area contributed by atoms with E-state index >= 15 is 0 Å². The molecule has 114 valence electrons. The number of methoxy groups -OCH3 is 1. The highest BCUT2D eigenvalue weighted by Crippen LogP contribution is 2.51. The lowest BCUT2D eigenvalue weighted by molar-refractivity contribution is 0.404. The molecule has 0 atom stereocenters. The Morgan fingerprint density at radius 2 is 2.05 bits per heavy atom. The number of para-hydroxylation sites is 1. The lowest BCUT2D eigenvalue weighted by Gasteiger charge is -2.17. The highest BCUT2D eigenvalue weighted by molar-refractivity contribution is 5.91. The number of anilines is 1. The van der Waals surface area contributed by atoms with Crippen LogP contribution in [0.4, 0.5) is 5.82 Å². The number of hydrogen-bond acceptors (Lipinski definition) is 3. The Labute approximate surface area is 130 Å². The molecule has 1 saturated carbocycles. The van der Waals surface area contributed by atoms with E-state index in [-0.39, 0.29) is 5.41 Å². The summed E-state index contributed by atoms with van der Waals surface area (Å²) in [6.07, 6.45) is 3.92. The fraction of sp³-hybridized carbons (Fsp3) is 0.294. The second-order valence-corrected chi connectivity index (χ2v) is 5.52. The zero-order chi connectivity index (χ0) is 15.4. The van der Waals surface area contributed by atoms with Gasteiger partial charge in [-0.15, -0.1) is 0 Å². The van der Waals surface area contributed by atoms with Crippen LogP contribution in [0.25, 0.3) is 0 Å². The molecule has 5 nitrogen and oxygen atoms in total. The van der Waals surface area contributed by atoms with E-state index in [4.69, 9.17) is 10.5 Å². The molecular weight excluding hydrogens is 276 g/mol. The first-order chi connectivity index (χ1) is 10.7. The van der Waals surface area contributed by atoms with Gasteiger partial charge in [-0.3, -0.25) is 4.99 Å². The third kappa shape index (κ3) is 3.03. The number of pyridine rings is 1. The van der Waals surface area contributed by atoms with Crippen molar-refractivity contribution in [3.63, 3.8) is 0 Å². The summed E-state index contributed by atoms with van der Waals surface area (Å²) in [5.74, 6) is 2.01. The van der Waals surface area contributed by atoms with Crippen molar-refractivity contribution in [2.24, 2.45) is 10.7 Å². The van der Waals surface area contributed by atoms with Crippen molar-refractivity contribution in [2.45, 2.75) is 18.3 Å². The van der Waals surface area contributed by atoms with Crippen LogP contribution in [0.1, 0.15) is 18.4 Å². The third-order valence-corrected chi connectivity index (χ3v) is 4.00. The van der Waals surface area contributed by atoms with Crippen LogP contribution in [-0.4, -0.2) is 24.6 Å². The molecule has 1 aromatic heterocycles. The molecule has 0 saturated heterocycles. The van der Waals surface area contributed by atoms with Gasteiger partial charge in [-0.1, -0.05) is 24.3 Å². The molecule has 3 rings (SSSR count). The molecule has 0 bridgehead atoms. The monoisotopic (exact) mass is 296 g/mol. The molecular formula is C17H20N4O. The van der Waals surface area contributed by atoms with Gasteiger partial charge in [-0.2, -0.15) is 0 Å². The maximum atomic E-state index is 5.96. The summed E-state index contributed by atoms with van der Waals surface area (Å²) in [4.78, 5) is 8.67. The molecule has 0 amide bonds. The fourth-order valence-corrected chi connectivity index (χ4v) is 2.59. The molecule has 0 spiro atoms. The number of aliphatic imine (C=N–C) groups is 1. The van der Waals surface area contributed by atoms with E-state index in [1.165, 1.54) is 5.56 Å². The number of ether oxygens (including phenoxy) is 1. The quantitative estimate of drug-likeness (QED) is 0.657. The van der Waals surface area contributed by atoms with Crippen LogP contribution in [0.5, 0.6) is 5.75 Å². The molecule has 0 aliphatic heterocycles. The Bertz CT molecular complexity index is 665. The number of nitrogens with zero attached hydrogens (tertiary/aromatic N) is 2. The van der Waals surface area contributed by atoms with Crippen molar-refractivity contribution in [1.82, 2.24) is 4.98 Å². The average Bonchev–Trinajstić information content (AvgIpc) is 3.35. The first-order valence-corrected chi connectivity index (χ1v) is 7.35. The van der Waals surface area contributed by atoms with Gasteiger partial charge in [0, 0.05) is 17.2 Å². The summed E-state index contributed by atoms with van der Waals surface area (Å²) in [5.41, 5.74) is 7.23. The van der Waals surface area contributed by atoms with Crippen LogP contribution in [-0.2, 0) is 5.41 Å². The van der Waals surface area contributed by atoms with Crippen LogP contribution >= 0.6 is 0 Å². The Kier molecular flexibility index (Phi) is 3.96. The van der Waals surface area contributed by atoms with Crippen LogP contribution in [0, 0.1) is 0 Å². The summed E-state index contributed by atoms with van der Waals surface area (Å²) in [7, 11) is 1.70. The smallest absolute Gasteiger partial charge is 0.194 e. The molecule has 22 heavy (non-hydrogen) atoms. The summed E-state index contributed by atoms with van der Waals surface area (Å²) in [6.45, 7) is 0.652. The zero-order valence-corrected chi connectivity index (χ0v) is 12.6. The summed E-state index contributed by atoms with van der Waals surface area (Å²) in [6, 6.07) is 13.8. The van der Waals surface area contributed by atoms with Crippen molar-refractivity contribution in [3.8, 4) is 5.75 Å². The number of nitrogens with two attached hydrogens (primary N) is 1. The highest BCUT2D eigenvalue weighted by Gasteiger charge is 2.45. The average molecular weight is 296 g/mol. The van der Waals surface area contributed by atoms with Gasteiger partial charge < -0.3 is 15.8 Å². The first kappa shape index (κ1) is 14.4. The zero-order valence-electron chi connectivity index (χ0n) is 12.6. The second kappa shape index (κ2) is 6.05. The van der Waals surface area contributed by atoms with Gasteiger partial charge in [0.2, 0.25) is 0 Å². The summed E-state index contributed by atoms with van der Waals surface area (Å²) in [5, 5.41) is 3.01. The van der Waals surface area contributed by atoms with Crippen molar-refractivity contribution < 1.29 is 4.74 Å². The Balaban J connectivity index is 1.71. The van der Waals surface area contributed by atoms with E-state index in [2.05, 4.69) is 21.4 Å². The molecule has 0 radical (unpaired) electrons. The predicted molar refractivity (Wildman–Crippen MR) is 88.3 cm³/mol. The minimum atomic E-state index is 0.0586. The van der Waals surface area contributed by atoms with E-state index in [9.17, 15) is 0 Å². The number of nitrogens with one attached hydrogen (secondary N) is 1. The van der Waals surface area contributed by atoms with Crippen LogP contribution in [0.15, 0.2) is 53.7 Å². The molecule has 1 aliphatic carbocycles. The maximum absolute atomic E-state index is 5.96. The summed E-state index contributed by atoms with van der Waals surface area (Å²) < 4.78 is 5.47. The molecule has 0 unspecified atom stereocenters. The maximum Gasteiger partial charge on any atom is 0.194 e. The Morgan fingerprint density at radius 1 is 1.27 bits per heavy atom. The van der Waals surface area contributed by atoms with Gasteiger partial charge in [0.25, 0.3) is 0 Å². The standard InChI is InChI=1S/C17H20N4O/c1-22-14-7-3-2-6-13(14)17(9-10-17)12-20-16(18)21-15-8-4-5-11-19-15/h2-8,11H,9-10,12H2,1H3,(H3,18,19,20,21). The number of rotatable bonds is 5. The fourth-order valence-electron chi connectivity index (χ4n) is 2.59. The van der Waals surface area contributed by atoms with E-state index in [1.54, 1.807) is 13.3 Å². The van der Waals surface area contributed by atoms with Gasteiger partial charge in [0.15, 0.2) is 5.96 Å². The first-order valence-electron chi connectivity index (χ1n) is 7.35. The normalized spacial score (nSPS) is 16.1. The molecule has 1 aliphatic rings. The largest absolute Gasteiger partial charge is 0.496 e. The minimum absolute atomic E-state index is 0.0586. The van der Waals surface area contributed by atoms with Gasteiger partial charge >= 0.3 is 0 Å². The minimum Gasteiger partial charge on any atom is -0.496 e. The van der Waals surface area contributed by atoms with Crippen molar-refractivity contribution >= 4 is 11.8 Å². The highest BCUT2D eigenvalue weighted by atomic mass is 16.5. The predicted octanol–water partition coefficient (Wildman–Crippen LogP) is 2.55. The van der Waals surface area contributed by atoms with Gasteiger partial charge in [-0.25, -0.2) is 4.98 Å². The van der Waals surface area contributed by atoms with Crippen LogP contribution in [0.3, 0.4) is 0 Å². The van der Waals surface area contributed by atoms with Crippen LogP contribution < -0.4 is 15.8 Å². The molecule has 1 heterocycles.